The third kappa shape index (κ3) is 1.88. The normalized spacial score (nSPS) is 14.0. The molecule has 1 aromatic heterocycles. The molecule has 0 saturated heterocycles. The minimum absolute atomic E-state index is 0.746. The van der Waals surface area contributed by atoms with E-state index >= 15 is 0 Å². The fourth-order valence-electron chi connectivity index (χ4n) is 1.76. The molecule has 5 nitrogen and oxygen atoms in total. The molecule has 6 heteroatoms. The molecule has 0 N–H and O–H groups in total. The molecule has 0 fully saturated rings. The van der Waals surface area contributed by atoms with Crippen molar-refractivity contribution in [3.8, 4) is 17.1 Å². The second kappa shape index (κ2) is 4.45. The Bertz CT molecular complexity index is 620. The number of aromatic nitrogens is 3. The zero-order valence-corrected chi connectivity index (χ0v) is 10.9. The lowest BCUT2D eigenvalue weighted by atomic mass is 10.2. The minimum atomic E-state index is 0.746. The van der Waals surface area contributed by atoms with E-state index in [0.29, 0.717) is 0 Å². The third-order valence-corrected chi connectivity index (χ3v) is 3.70. The Morgan fingerprint density at radius 1 is 1.33 bits per heavy atom. The van der Waals surface area contributed by atoms with Crippen molar-refractivity contribution < 1.29 is 4.74 Å². The Morgan fingerprint density at radius 2 is 2.22 bits per heavy atom. The van der Waals surface area contributed by atoms with Gasteiger partial charge in [-0.05, 0) is 19.1 Å². The van der Waals surface area contributed by atoms with E-state index in [0.717, 1.165) is 33.8 Å². The molecule has 1 aliphatic rings. The third-order valence-electron chi connectivity index (χ3n) is 2.62. The van der Waals surface area contributed by atoms with Crippen LogP contribution in [0.15, 0.2) is 34.5 Å². The van der Waals surface area contributed by atoms with Crippen LogP contribution in [0, 0.1) is 0 Å². The number of fused-ring (bicyclic) bond motifs is 1. The maximum Gasteiger partial charge on any atom is 0.212 e. The van der Waals surface area contributed by atoms with E-state index in [1.807, 2.05) is 31.2 Å². The zero-order valence-electron chi connectivity index (χ0n) is 10.1. The van der Waals surface area contributed by atoms with Gasteiger partial charge in [0.05, 0.1) is 7.11 Å². The monoisotopic (exact) mass is 260 g/mol. The number of benzene rings is 1. The van der Waals surface area contributed by atoms with Gasteiger partial charge in [0.15, 0.2) is 5.82 Å². The van der Waals surface area contributed by atoms with Crippen molar-refractivity contribution in [3.05, 3.63) is 24.3 Å². The molecule has 0 aliphatic carbocycles. The van der Waals surface area contributed by atoms with Crippen LogP contribution in [-0.4, -0.2) is 33.4 Å². The molecule has 92 valence electrons. The summed E-state index contributed by atoms with van der Waals surface area (Å²) in [5, 5.41) is 13.7. The van der Waals surface area contributed by atoms with E-state index in [4.69, 9.17) is 4.74 Å². The maximum absolute atomic E-state index is 5.22. The van der Waals surface area contributed by atoms with E-state index in [2.05, 4.69) is 15.3 Å². The van der Waals surface area contributed by atoms with Crippen LogP contribution in [0.2, 0.25) is 0 Å². The summed E-state index contributed by atoms with van der Waals surface area (Å²) >= 11 is 1.65. The number of thioether (sulfide) groups is 1. The van der Waals surface area contributed by atoms with Crippen molar-refractivity contribution >= 4 is 17.5 Å². The van der Waals surface area contributed by atoms with Gasteiger partial charge in [0.25, 0.3) is 0 Å². The van der Waals surface area contributed by atoms with Crippen molar-refractivity contribution in [3.63, 3.8) is 0 Å². The first-order valence-electron chi connectivity index (χ1n) is 5.55. The van der Waals surface area contributed by atoms with Gasteiger partial charge in [0.2, 0.25) is 5.16 Å². The second-order valence-electron chi connectivity index (χ2n) is 3.97. The van der Waals surface area contributed by atoms with Crippen molar-refractivity contribution in [1.29, 1.82) is 0 Å². The van der Waals surface area contributed by atoms with E-state index in [-0.39, 0.29) is 0 Å². The molecule has 0 amide bonds. The lowest BCUT2D eigenvalue weighted by Crippen LogP contribution is -2.08. The summed E-state index contributed by atoms with van der Waals surface area (Å²) in [4.78, 5) is 0. The Kier molecular flexibility index (Phi) is 2.79. The zero-order chi connectivity index (χ0) is 12.5. The fraction of sp³-hybridized carbons (Fsp3) is 0.250. The number of nitrogens with zero attached hydrogens (tertiary/aromatic N) is 4. The molecule has 0 radical (unpaired) electrons. The lowest BCUT2D eigenvalue weighted by Gasteiger charge is -2.10. The standard InChI is InChI=1S/C12H12N4OS/c1-8-7-18-12-14-13-11(16(12)15-8)9-4-3-5-10(6-9)17-2/h3-6H,7H2,1-2H3. The van der Waals surface area contributed by atoms with E-state index < -0.39 is 0 Å². The molecule has 0 spiro atoms. The smallest absolute Gasteiger partial charge is 0.212 e. The summed E-state index contributed by atoms with van der Waals surface area (Å²) in [7, 11) is 1.65. The van der Waals surface area contributed by atoms with Gasteiger partial charge in [0.1, 0.15) is 5.75 Å². The lowest BCUT2D eigenvalue weighted by molar-refractivity contribution is 0.415. The van der Waals surface area contributed by atoms with E-state index in [1.54, 1.807) is 23.5 Å². The molecule has 0 atom stereocenters. The topological polar surface area (TPSA) is 52.3 Å². The Morgan fingerprint density at radius 3 is 3.06 bits per heavy atom. The quantitative estimate of drug-likeness (QED) is 0.831. The second-order valence-corrected chi connectivity index (χ2v) is 4.92. The molecule has 0 unspecified atom stereocenters. The molecular weight excluding hydrogens is 248 g/mol. The van der Waals surface area contributed by atoms with Crippen LogP contribution >= 0.6 is 11.8 Å². The Labute approximate surface area is 109 Å². The van der Waals surface area contributed by atoms with Crippen LogP contribution in [0.4, 0.5) is 0 Å². The van der Waals surface area contributed by atoms with Gasteiger partial charge in [-0.3, -0.25) is 0 Å². The van der Waals surface area contributed by atoms with Crippen molar-refractivity contribution in [2.45, 2.75) is 12.1 Å². The molecule has 2 aromatic rings. The molecular formula is C12H12N4OS. The highest BCUT2D eigenvalue weighted by Gasteiger charge is 2.18. The summed E-state index contributed by atoms with van der Waals surface area (Å²) in [6.45, 7) is 2.01. The van der Waals surface area contributed by atoms with Gasteiger partial charge in [0, 0.05) is 17.0 Å². The first-order valence-corrected chi connectivity index (χ1v) is 6.53. The van der Waals surface area contributed by atoms with Gasteiger partial charge in [-0.15, -0.1) is 10.2 Å². The average molecular weight is 260 g/mol. The molecule has 1 aliphatic heterocycles. The van der Waals surface area contributed by atoms with Crippen LogP contribution in [0.1, 0.15) is 6.92 Å². The van der Waals surface area contributed by atoms with Crippen molar-refractivity contribution in [2.24, 2.45) is 5.10 Å². The predicted molar refractivity (Wildman–Crippen MR) is 71.2 cm³/mol. The molecule has 3 rings (SSSR count). The molecule has 0 saturated carbocycles. The Hall–Kier alpha value is -1.82. The minimum Gasteiger partial charge on any atom is -0.497 e. The number of hydrogen-bond donors (Lipinski definition) is 0. The largest absolute Gasteiger partial charge is 0.497 e. The number of rotatable bonds is 2. The van der Waals surface area contributed by atoms with Gasteiger partial charge in [-0.1, -0.05) is 23.9 Å². The van der Waals surface area contributed by atoms with Crippen LogP contribution in [0.25, 0.3) is 11.4 Å². The number of hydrogen-bond acceptors (Lipinski definition) is 5. The predicted octanol–water partition coefficient (Wildman–Crippen LogP) is 2.28. The summed E-state index contributed by atoms with van der Waals surface area (Å²) in [5.74, 6) is 2.42. The highest BCUT2D eigenvalue weighted by atomic mass is 32.2. The van der Waals surface area contributed by atoms with Crippen LogP contribution in [0.5, 0.6) is 5.75 Å². The first kappa shape index (κ1) is 11.3. The average Bonchev–Trinajstić information content (AvgIpc) is 2.81. The Balaban J connectivity index is 2.10. The van der Waals surface area contributed by atoms with Gasteiger partial charge >= 0.3 is 0 Å². The molecule has 0 bridgehead atoms. The van der Waals surface area contributed by atoms with Crippen molar-refractivity contribution in [1.82, 2.24) is 14.9 Å². The van der Waals surface area contributed by atoms with Gasteiger partial charge in [-0.25, -0.2) is 0 Å². The molecule has 2 heterocycles. The van der Waals surface area contributed by atoms with E-state index in [9.17, 15) is 0 Å². The molecule has 18 heavy (non-hydrogen) atoms. The maximum atomic E-state index is 5.22. The number of methoxy groups -OCH3 is 1. The summed E-state index contributed by atoms with van der Waals surface area (Å²) in [5.41, 5.74) is 2.02. The van der Waals surface area contributed by atoms with Gasteiger partial charge in [-0.2, -0.15) is 9.78 Å². The van der Waals surface area contributed by atoms with Crippen LogP contribution < -0.4 is 4.74 Å². The summed E-state index contributed by atoms with van der Waals surface area (Å²) in [6.07, 6.45) is 0. The van der Waals surface area contributed by atoms with Crippen molar-refractivity contribution in [2.75, 3.05) is 12.9 Å². The van der Waals surface area contributed by atoms with Crippen LogP contribution in [0.3, 0.4) is 0 Å². The van der Waals surface area contributed by atoms with Gasteiger partial charge < -0.3 is 4.74 Å². The van der Waals surface area contributed by atoms with E-state index in [1.165, 1.54) is 0 Å². The number of ether oxygens (including phenoxy) is 1. The SMILES string of the molecule is COc1cccc(-c2nnc3n2N=C(C)CS3)c1. The first-order chi connectivity index (χ1) is 8.78. The van der Waals surface area contributed by atoms with Crippen LogP contribution in [-0.2, 0) is 0 Å². The highest BCUT2D eigenvalue weighted by Crippen LogP contribution is 2.28. The highest BCUT2D eigenvalue weighted by molar-refractivity contribution is 7.99. The summed E-state index contributed by atoms with van der Waals surface area (Å²) in [6, 6.07) is 7.74. The fourth-order valence-corrected chi connectivity index (χ4v) is 2.50. The molecule has 1 aromatic carbocycles. The summed E-state index contributed by atoms with van der Waals surface area (Å²) < 4.78 is 7.01.